The van der Waals surface area contributed by atoms with Crippen molar-refractivity contribution in [2.24, 2.45) is 14.1 Å². The first-order chi connectivity index (χ1) is 25.2. The van der Waals surface area contributed by atoms with Crippen LogP contribution in [0.15, 0.2) is 42.5 Å². The fourth-order valence-electron chi connectivity index (χ4n) is 8.16. The van der Waals surface area contributed by atoms with Gasteiger partial charge in [0.2, 0.25) is 0 Å². The van der Waals surface area contributed by atoms with Gasteiger partial charge >= 0.3 is 5.97 Å². The van der Waals surface area contributed by atoms with Gasteiger partial charge < -0.3 is 29.0 Å². The van der Waals surface area contributed by atoms with Crippen molar-refractivity contribution in [3.05, 3.63) is 97.5 Å². The molecule has 53 heavy (non-hydrogen) atoms. The maximum Gasteiger partial charge on any atom is 0.352 e. The Morgan fingerprint density at radius 1 is 0.981 bits per heavy atom. The number of benzene rings is 3. The number of nitrogens with zero attached hydrogens (tertiary/aromatic N) is 5. The number of fused-ring (bicyclic) bond motifs is 4. The van der Waals surface area contributed by atoms with E-state index in [1.165, 1.54) is 0 Å². The SMILES string of the molecule is Cc1cc(OCCCc2c3n(c4c(-c5c(C)nn(C)c5C)c(Cl)ccc24)[C@H](C)CN(c2cc(CCO)cc4cc(C(=O)O)n(C)c24)C3=O)cc(C)c1Cl. The first-order valence-corrected chi connectivity index (χ1v) is 18.5. The van der Waals surface area contributed by atoms with Gasteiger partial charge in [0.25, 0.3) is 5.91 Å². The number of aliphatic hydroxyl groups is 1. The number of carbonyl (C=O) groups is 2. The number of rotatable bonds is 10. The smallest absolute Gasteiger partial charge is 0.352 e. The van der Waals surface area contributed by atoms with Crippen LogP contribution >= 0.6 is 23.2 Å². The highest BCUT2D eigenvalue weighted by Crippen LogP contribution is 2.46. The van der Waals surface area contributed by atoms with Crippen LogP contribution in [0.3, 0.4) is 0 Å². The van der Waals surface area contributed by atoms with Gasteiger partial charge in [0.15, 0.2) is 0 Å². The number of anilines is 1. The molecule has 7 rings (SSSR count). The summed E-state index contributed by atoms with van der Waals surface area (Å²) in [5.41, 5.74) is 10.0. The number of aromatic carboxylic acids is 1. The molecule has 0 bridgehead atoms. The van der Waals surface area contributed by atoms with Gasteiger partial charge in [-0.15, -0.1) is 0 Å². The Morgan fingerprint density at radius 2 is 1.70 bits per heavy atom. The summed E-state index contributed by atoms with van der Waals surface area (Å²) in [7, 11) is 3.62. The molecule has 10 nitrogen and oxygen atoms in total. The summed E-state index contributed by atoms with van der Waals surface area (Å²) < 4.78 is 11.8. The number of hydrogen-bond acceptors (Lipinski definition) is 5. The van der Waals surface area contributed by atoms with Gasteiger partial charge in [-0.1, -0.05) is 29.3 Å². The van der Waals surface area contributed by atoms with Crippen LogP contribution in [-0.4, -0.2) is 60.8 Å². The third-order valence-electron chi connectivity index (χ3n) is 10.6. The Balaban J connectivity index is 1.40. The second-order valence-corrected chi connectivity index (χ2v) is 15.0. The highest BCUT2D eigenvalue weighted by atomic mass is 35.5. The topological polar surface area (TPSA) is 115 Å². The summed E-state index contributed by atoms with van der Waals surface area (Å²) in [5, 5.41) is 27.5. The zero-order chi connectivity index (χ0) is 38.0. The molecular weight excluding hydrogens is 713 g/mol. The number of aromatic nitrogens is 4. The number of carbonyl (C=O) groups excluding carboxylic acids is 1. The summed E-state index contributed by atoms with van der Waals surface area (Å²) >= 11 is 13.5. The minimum Gasteiger partial charge on any atom is -0.494 e. The lowest BCUT2D eigenvalue weighted by atomic mass is 9.98. The molecule has 0 unspecified atom stereocenters. The largest absolute Gasteiger partial charge is 0.494 e. The lowest BCUT2D eigenvalue weighted by Crippen LogP contribution is -2.43. The standard InChI is InChI=1S/C41H43Cl2N5O5/c1-21-15-28(16-22(2)36(21)43)53-14-8-9-29-30-10-11-31(42)35(34-24(4)44-46(7)25(34)5)38(30)48-23(3)20-47(40(50)39(29)48)32-18-26(12-13-49)17-27-19-33(41(51)52)45(6)37(27)32/h10-11,15-19,23,49H,8-9,12-14,20H2,1-7H3,(H,51,52)/t23-/m1/s1. The van der Waals surface area contributed by atoms with Crippen LogP contribution in [-0.2, 0) is 26.9 Å². The lowest BCUT2D eigenvalue weighted by Gasteiger charge is -2.35. The molecule has 6 aromatic rings. The van der Waals surface area contributed by atoms with E-state index in [0.29, 0.717) is 59.7 Å². The van der Waals surface area contributed by atoms with E-state index < -0.39 is 5.97 Å². The number of aryl methyl sites for hydroxylation is 6. The van der Waals surface area contributed by atoms with Crippen LogP contribution < -0.4 is 9.64 Å². The molecule has 276 valence electrons. The van der Waals surface area contributed by atoms with Crippen molar-refractivity contribution in [3.8, 4) is 16.9 Å². The predicted octanol–water partition coefficient (Wildman–Crippen LogP) is 8.54. The third kappa shape index (κ3) is 6.06. The number of amides is 1. The Hall–Kier alpha value is -4.77. The molecule has 0 saturated heterocycles. The van der Waals surface area contributed by atoms with Crippen molar-refractivity contribution in [3.63, 3.8) is 0 Å². The summed E-state index contributed by atoms with van der Waals surface area (Å²) in [6, 6.07) is 13.0. The number of hydrogen-bond donors (Lipinski definition) is 2. The van der Waals surface area contributed by atoms with E-state index in [2.05, 4.69) is 11.5 Å². The molecule has 4 heterocycles. The molecule has 12 heteroatoms. The van der Waals surface area contributed by atoms with E-state index in [9.17, 15) is 15.0 Å². The first kappa shape index (κ1) is 36.6. The molecule has 0 fully saturated rings. The molecule has 1 atom stereocenters. The second kappa shape index (κ2) is 13.9. The van der Waals surface area contributed by atoms with Crippen molar-refractivity contribution in [1.82, 2.24) is 18.9 Å². The van der Waals surface area contributed by atoms with Gasteiger partial charge in [0, 0.05) is 65.9 Å². The van der Waals surface area contributed by atoms with Gasteiger partial charge in [0.1, 0.15) is 17.1 Å². The Kier molecular flexibility index (Phi) is 9.59. The predicted molar refractivity (Wildman–Crippen MR) is 210 cm³/mol. The monoisotopic (exact) mass is 755 g/mol. The number of carboxylic acid groups (broad SMARTS) is 1. The molecule has 0 saturated carbocycles. The van der Waals surface area contributed by atoms with Gasteiger partial charge in [-0.3, -0.25) is 9.48 Å². The minimum absolute atomic E-state index is 0.0831. The molecule has 1 amide bonds. The molecule has 3 aromatic carbocycles. The zero-order valence-corrected chi connectivity index (χ0v) is 32.5. The van der Waals surface area contributed by atoms with Crippen molar-refractivity contribution >= 4 is 62.6 Å². The fraction of sp³-hybridized carbons (Fsp3) is 0.341. The van der Waals surface area contributed by atoms with Crippen molar-refractivity contribution < 1.29 is 24.5 Å². The van der Waals surface area contributed by atoms with Gasteiger partial charge in [-0.2, -0.15) is 5.10 Å². The van der Waals surface area contributed by atoms with E-state index in [4.69, 9.17) is 33.0 Å². The average molecular weight is 757 g/mol. The summed E-state index contributed by atoms with van der Waals surface area (Å²) in [6.45, 7) is 10.7. The van der Waals surface area contributed by atoms with Crippen LogP contribution in [0.4, 0.5) is 5.69 Å². The number of halogens is 2. The van der Waals surface area contributed by atoms with Crippen LogP contribution in [0.2, 0.25) is 10.0 Å². The van der Waals surface area contributed by atoms with E-state index in [-0.39, 0.29) is 24.2 Å². The maximum absolute atomic E-state index is 15.2. The molecule has 1 aliphatic rings. The summed E-state index contributed by atoms with van der Waals surface area (Å²) in [6.07, 6.45) is 1.55. The molecule has 0 aliphatic carbocycles. The fourth-order valence-corrected chi connectivity index (χ4v) is 8.52. The molecule has 1 aliphatic heterocycles. The quantitative estimate of drug-likeness (QED) is 0.136. The molecule has 0 spiro atoms. The molecular formula is C41H43Cl2N5O5. The van der Waals surface area contributed by atoms with Gasteiger partial charge in [-0.25, -0.2) is 4.79 Å². The molecule has 3 aromatic heterocycles. The van der Waals surface area contributed by atoms with Crippen molar-refractivity contribution in [2.75, 3.05) is 24.7 Å². The van der Waals surface area contributed by atoms with Crippen LogP contribution in [0.5, 0.6) is 5.75 Å². The third-order valence-corrected chi connectivity index (χ3v) is 11.6. The minimum atomic E-state index is -1.06. The van der Waals surface area contributed by atoms with Crippen molar-refractivity contribution in [2.45, 2.75) is 59.9 Å². The van der Waals surface area contributed by atoms with E-state index in [1.807, 2.05) is 75.8 Å². The average Bonchev–Trinajstić information content (AvgIpc) is 3.71. The van der Waals surface area contributed by atoms with E-state index in [1.54, 1.807) is 22.6 Å². The maximum atomic E-state index is 15.2. The molecule has 0 radical (unpaired) electrons. The van der Waals surface area contributed by atoms with Crippen LogP contribution in [0, 0.1) is 27.7 Å². The summed E-state index contributed by atoms with van der Waals surface area (Å²) in [4.78, 5) is 29.2. The summed E-state index contributed by atoms with van der Waals surface area (Å²) in [5.74, 6) is -0.507. The second-order valence-electron chi connectivity index (χ2n) is 14.2. The first-order valence-electron chi connectivity index (χ1n) is 17.8. The van der Waals surface area contributed by atoms with E-state index >= 15 is 4.79 Å². The highest BCUT2D eigenvalue weighted by Gasteiger charge is 2.38. The van der Waals surface area contributed by atoms with Crippen LogP contribution in [0.25, 0.3) is 32.9 Å². The Labute approximate surface area is 318 Å². The Morgan fingerprint density at radius 3 is 2.34 bits per heavy atom. The molecule has 2 N–H and O–H groups in total. The Bertz CT molecular complexity index is 2450. The zero-order valence-electron chi connectivity index (χ0n) is 31.0. The highest BCUT2D eigenvalue weighted by molar-refractivity contribution is 6.35. The number of aliphatic hydroxyl groups excluding tert-OH is 1. The van der Waals surface area contributed by atoms with E-state index in [0.717, 1.165) is 66.4 Å². The van der Waals surface area contributed by atoms with Crippen LogP contribution in [0.1, 0.15) is 74.0 Å². The lowest BCUT2D eigenvalue weighted by molar-refractivity contribution is 0.0687. The van der Waals surface area contributed by atoms with Gasteiger partial charge in [-0.05, 0) is 113 Å². The van der Waals surface area contributed by atoms with Crippen molar-refractivity contribution in [1.29, 1.82) is 0 Å². The van der Waals surface area contributed by atoms with Gasteiger partial charge in [0.05, 0.1) is 34.0 Å². The normalized spacial score (nSPS) is 14.5. The number of ether oxygens (including phenoxy) is 1. The number of carboxylic acids is 1.